The van der Waals surface area contributed by atoms with Crippen LogP contribution in [0.15, 0.2) is 48.6 Å². The summed E-state index contributed by atoms with van der Waals surface area (Å²) in [7, 11) is 1.80. The number of carbonyl (C=O) groups is 1. The Kier molecular flexibility index (Phi) is 4.45. The largest absolute Gasteiger partial charge is 0.378 e. The lowest BCUT2D eigenvalue weighted by molar-refractivity contribution is -0.116. The van der Waals surface area contributed by atoms with Crippen LogP contribution < -0.4 is 10.2 Å². The minimum atomic E-state index is 0.0213. The van der Waals surface area contributed by atoms with Crippen LogP contribution in [-0.4, -0.2) is 13.0 Å². The standard InChI is InChI=1S/C21H20Cl2N2O/c1-12(26)25(2)13-9-10-19-16(11-13)14-5-3-6-15(14)21(24-19)20-17(22)7-4-8-18(20)23/h3-5,7-11,14-15,21,24H,6H2,1-2H3. The van der Waals surface area contributed by atoms with Gasteiger partial charge in [-0.1, -0.05) is 41.4 Å². The molecule has 0 saturated carbocycles. The smallest absolute Gasteiger partial charge is 0.223 e. The van der Waals surface area contributed by atoms with Gasteiger partial charge in [0.1, 0.15) is 0 Å². The van der Waals surface area contributed by atoms with Gasteiger partial charge in [0.2, 0.25) is 5.91 Å². The molecule has 0 fully saturated rings. The number of nitrogens with one attached hydrogen (secondary N) is 1. The van der Waals surface area contributed by atoms with E-state index in [1.54, 1.807) is 18.9 Å². The topological polar surface area (TPSA) is 32.3 Å². The molecule has 3 nitrogen and oxygen atoms in total. The van der Waals surface area contributed by atoms with E-state index in [0.29, 0.717) is 16.0 Å². The van der Waals surface area contributed by atoms with Crippen molar-refractivity contribution < 1.29 is 4.79 Å². The van der Waals surface area contributed by atoms with Crippen LogP contribution in [0.3, 0.4) is 0 Å². The van der Waals surface area contributed by atoms with Gasteiger partial charge in [-0.2, -0.15) is 0 Å². The zero-order valence-electron chi connectivity index (χ0n) is 14.7. The predicted octanol–water partition coefficient (Wildman–Crippen LogP) is 5.80. The number of nitrogens with zero attached hydrogens (tertiary/aromatic N) is 1. The lowest BCUT2D eigenvalue weighted by Crippen LogP contribution is -2.30. The van der Waals surface area contributed by atoms with Crippen LogP contribution >= 0.6 is 23.2 Å². The van der Waals surface area contributed by atoms with Crippen molar-refractivity contribution in [3.63, 3.8) is 0 Å². The first-order valence-corrected chi connectivity index (χ1v) is 9.48. The fraction of sp³-hybridized carbons (Fsp3) is 0.286. The van der Waals surface area contributed by atoms with Gasteiger partial charge in [-0.25, -0.2) is 0 Å². The number of anilines is 2. The van der Waals surface area contributed by atoms with E-state index in [0.717, 1.165) is 23.4 Å². The van der Waals surface area contributed by atoms with E-state index in [-0.39, 0.29) is 17.9 Å². The molecule has 1 aliphatic carbocycles. The number of amides is 1. The van der Waals surface area contributed by atoms with Crippen LogP contribution in [0.25, 0.3) is 0 Å². The highest BCUT2D eigenvalue weighted by atomic mass is 35.5. The van der Waals surface area contributed by atoms with Crippen LogP contribution in [-0.2, 0) is 4.79 Å². The summed E-state index contributed by atoms with van der Waals surface area (Å²) in [4.78, 5) is 13.4. The second-order valence-corrected chi connectivity index (χ2v) is 7.77. The van der Waals surface area contributed by atoms with Crippen LogP contribution in [0.2, 0.25) is 10.0 Å². The fourth-order valence-electron chi connectivity index (χ4n) is 4.07. The SMILES string of the molecule is CC(=O)N(C)c1ccc2c(c1)C1C=CCC1C(c1c(Cl)cccc1Cl)N2. The molecule has 5 heteroatoms. The third-order valence-corrected chi connectivity index (χ3v) is 6.18. The van der Waals surface area contributed by atoms with E-state index < -0.39 is 0 Å². The number of halogens is 2. The van der Waals surface area contributed by atoms with Gasteiger partial charge < -0.3 is 10.2 Å². The molecule has 1 amide bonds. The van der Waals surface area contributed by atoms with Gasteiger partial charge in [0.05, 0.1) is 6.04 Å². The molecule has 26 heavy (non-hydrogen) atoms. The van der Waals surface area contributed by atoms with Crippen LogP contribution in [0.1, 0.15) is 36.4 Å². The molecule has 0 bridgehead atoms. The summed E-state index contributed by atoms with van der Waals surface area (Å²) in [5.74, 6) is 0.648. The minimum absolute atomic E-state index is 0.0213. The van der Waals surface area contributed by atoms with E-state index >= 15 is 0 Å². The quantitative estimate of drug-likeness (QED) is 0.661. The molecule has 4 rings (SSSR count). The van der Waals surface area contributed by atoms with Crippen molar-refractivity contribution in [1.82, 2.24) is 0 Å². The first-order chi connectivity index (χ1) is 12.5. The van der Waals surface area contributed by atoms with Gasteiger partial charge in [0.25, 0.3) is 0 Å². The van der Waals surface area contributed by atoms with Gasteiger partial charge in [-0.05, 0) is 48.2 Å². The average Bonchev–Trinajstić information content (AvgIpc) is 3.10. The van der Waals surface area contributed by atoms with E-state index in [9.17, 15) is 4.79 Å². The zero-order chi connectivity index (χ0) is 18.4. The second-order valence-electron chi connectivity index (χ2n) is 6.96. The second kappa shape index (κ2) is 6.64. The highest BCUT2D eigenvalue weighted by Gasteiger charge is 2.39. The number of allylic oxidation sites excluding steroid dienone is 2. The third-order valence-electron chi connectivity index (χ3n) is 5.52. The van der Waals surface area contributed by atoms with Crippen molar-refractivity contribution in [3.8, 4) is 0 Å². The van der Waals surface area contributed by atoms with Crippen molar-refractivity contribution >= 4 is 40.5 Å². The summed E-state index contributed by atoms with van der Waals surface area (Å²) < 4.78 is 0. The first-order valence-electron chi connectivity index (χ1n) is 8.72. The molecule has 2 aliphatic rings. The fourth-order valence-corrected chi connectivity index (χ4v) is 4.70. The molecule has 1 heterocycles. The lowest BCUT2D eigenvalue weighted by Gasteiger charge is -2.38. The maximum Gasteiger partial charge on any atom is 0.223 e. The van der Waals surface area contributed by atoms with Crippen LogP contribution in [0.4, 0.5) is 11.4 Å². The number of hydrogen-bond donors (Lipinski definition) is 1. The van der Waals surface area contributed by atoms with Crippen molar-refractivity contribution in [1.29, 1.82) is 0 Å². The summed E-state index contributed by atoms with van der Waals surface area (Å²) >= 11 is 13.0. The van der Waals surface area contributed by atoms with Crippen LogP contribution in [0.5, 0.6) is 0 Å². The molecule has 0 radical (unpaired) electrons. The Morgan fingerprint density at radius 2 is 1.92 bits per heavy atom. The molecule has 0 aromatic heterocycles. The predicted molar refractivity (Wildman–Crippen MR) is 108 cm³/mol. The number of hydrogen-bond acceptors (Lipinski definition) is 2. The monoisotopic (exact) mass is 386 g/mol. The van der Waals surface area contributed by atoms with Crippen molar-refractivity contribution in [3.05, 3.63) is 69.7 Å². The molecule has 3 atom stereocenters. The molecule has 2 aromatic carbocycles. The summed E-state index contributed by atoms with van der Waals surface area (Å²) in [6.07, 6.45) is 5.46. The lowest BCUT2D eigenvalue weighted by atomic mass is 9.77. The molecule has 1 N–H and O–H groups in total. The maximum absolute atomic E-state index is 11.7. The molecule has 3 unspecified atom stereocenters. The summed E-state index contributed by atoms with van der Waals surface area (Å²) in [6, 6.07) is 11.8. The molecule has 1 aliphatic heterocycles. The van der Waals surface area contributed by atoms with Crippen molar-refractivity contribution in [2.45, 2.75) is 25.3 Å². The van der Waals surface area contributed by atoms with E-state index in [1.807, 2.05) is 30.3 Å². The zero-order valence-corrected chi connectivity index (χ0v) is 16.2. The highest BCUT2D eigenvalue weighted by molar-refractivity contribution is 6.36. The average molecular weight is 387 g/mol. The van der Waals surface area contributed by atoms with Crippen LogP contribution in [0, 0.1) is 5.92 Å². The molecule has 134 valence electrons. The van der Waals surface area contributed by atoms with Crippen molar-refractivity contribution in [2.24, 2.45) is 5.92 Å². The van der Waals surface area contributed by atoms with E-state index in [2.05, 4.69) is 23.5 Å². The number of rotatable bonds is 2. The third kappa shape index (κ3) is 2.80. The molecular weight excluding hydrogens is 367 g/mol. The Morgan fingerprint density at radius 1 is 1.19 bits per heavy atom. The van der Waals surface area contributed by atoms with Crippen molar-refractivity contribution in [2.75, 3.05) is 17.3 Å². The molecule has 0 spiro atoms. The Bertz CT molecular complexity index is 889. The molecular formula is C21H20Cl2N2O. The number of benzene rings is 2. The van der Waals surface area contributed by atoms with Gasteiger partial charge >= 0.3 is 0 Å². The van der Waals surface area contributed by atoms with E-state index in [4.69, 9.17) is 23.2 Å². The Morgan fingerprint density at radius 3 is 2.62 bits per heavy atom. The summed E-state index contributed by atoms with van der Waals surface area (Å²) in [5.41, 5.74) is 4.16. The summed E-state index contributed by atoms with van der Waals surface area (Å²) in [5, 5.41) is 5.03. The highest BCUT2D eigenvalue weighted by Crippen LogP contribution is 2.52. The first kappa shape index (κ1) is 17.4. The summed E-state index contributed by atoms with van der Waals surface area (Å²) in [6.45, 7) is 1.57. The Hall–Kier alpha value is -1.97. The van der Waals surface area contributed by atoms with E-state index in [1.165, 1.54) is 5.56 Å². The molecule has 2 aromatic rings. The minimum Gasteiger partial charge on any atom is -0.378 e. The Balaban J connectivity index is 1.79. The molecule has 0 saturated heterocycles. The number of fused-ring (bicyclic) bond motifs is 3. The number of carbonyl (C=O) groups excluding carboxylic acids is 1. The van der Waals surface area contributed by atoms with Gasteiger partial charge in [0, 0.05) is 46.9 Å². The maximum atomic E-state index is 11.7. The van der Waals surface area contributed by atoms with Gasteiger partial charge in [0.15, 0.2) is 0 Å². The normalized spacial score (nSPS) is 23.2. The van der Waals surface area contributed by atoms with Gasteiger partial charge in [-0.15, -0.1) is 0 Å². The van der Waals surface area contributed by atoms with Gasteiger partial charge in [-0.3, -0.25) is 4.79 Å². The Labute approximate surface area is 163 Å².